The Hall–Kier alpha value is 0.440. The quantitative estimate of drug-likeness (QED) is 0.111. The third kappa shape index (κ3) is 24.5. The molecule has 0 aliphatic heterocycles. The molecule has 0 heterocycles. The van der Waals surface area contributed by atoms with Crippen molar-refractivity contribution >= 4 is 17.0 Å². The molecule has 0 saturated carbocycles. The zero-order chi connectivity index (χ0) is 20.1. The monoisotopic (exact) mass is 462 g/mol. The van der Waals surface area contributed by atoms with Crippen LogP contribution in [0.15, 0.2) is 0 Å². The fourth-order valence-electron chi connectivity index (χ4n) is 4.17. The summed E-state index contributed by atoms with van der Waals surface area (Å²) in [5.74, 6) is 0. The highest BCUT2D eigenvalue weighted by Gasteiger charge is 2.13. The van der Waals surface area contributed by atoms with E-state index in [0.29, 0.717) is 0 Å². The molecule has 0 amide bonds. The lowest BCUT2D eigenvalue weighted by molar-refractivity contribution is -0.890. The van der Waals surface area contributed by atoms with E-state index < -0.39 is 0 Å². The summed E-state index contributed by atoms with van der Waals surface area (Å²) in [5, 5.41) is 0. The van der Waals surface area contributed by atoms with Crippen molar-refractivity contribution in [2.45, 2.75) is 142 Å². The molecule has 0 fully saturated rings. The standard InChI is InChI=1S/C26H56N.BrH/c1-5-7-9-11-13-15-17-19-21-23-25-27(3,4)26-24-22-20-18-16-14-12-10-8-6-2;/h5-26H2,1-4H3;1H/q+1;. The predicted molar refractivity (Wildman–Crippen MR) is 136 cm³/mol. The fraction of sp³-hybridized carbons (Fsp3) is 1.00. The molecule has 0 N–H and O–H groups in total. The SMILES string of the molecule is Br.CCCCCCCCCCCC[N+](C)(C)CCCCCCCCCCCC. The summed E-state index contributed by atoms with van der Waals surface area (Å²) >= 11 is 0. The van der Waals surface area contributed by atoms with Crippen LogP contribution < -0.4 is 0 Å². The van der Waals surface area contributed by atoms with Crippen LogP contribution >= 0.6 is 17.0 Å². The highest BCUT2D eigenvalue weighted by atomic mass is 79.9. The van der Waals surface area contributed by atoms with E-state index in [-0.39, 0.29) is 17.0 Å². The molecule has 0 unspecified atom stereocenters. The average Bonchev–Trinajstić information content (AvgIpc) is 2.64. The van der Waals surface area contributed by atoms with E-state index in [2.05, 4.69) is 27.9 Å². The Balaban J connectivity index is 0. The van der Waals surface area contributed by atoms with Gasteiger partial charge in [0, 0.05) is 0 Å². The lowest BCUT2D eigenvalue weighted by atomic mass is 10.1. The molecule has 28 heavy (non-hydrogen) atoms. The molecule has 0 spiro atoms. The van der Waals surface area contributed by atoms with E-state index in [9.17, 15) is 0 Å². The van der Waals surface area contributed by atoms with Gasteiger partial charge in [0.25, 0.3) is 0 Å². The summed E-state index contributed by atoms with van der Waals surface area (Å²) in [4.78, 5) is 0. The summed E-state index contributed by atoms with van der Waals surface area (Å²) in [6, 6.07) is 0. The van der Waals surface area contributed by atoms with Crippen LogP contribution in [-0.4, -0.2) is 31.7 Å². The number of unbranched alkanes of at least 4 members (excludes halogenated alkanes) is 18. The molecular formula is C26H57BrN+. The van der Waals surface area contributed by atoms with Gasteiger partial charge < -0.3 is 4.48 Å². The second kappa shape index (κ2) is 23.7. The maximum Gasteiger partial charge on any atom is 0.0782 e. The third-order valence-corrected chi connectivity index (χ3v) is 6.23. The van der Waals surface area contributed by atoms with Crippen molar-refractivity contribution in [1.29, 1.82) is 0 Å². The van der Waals surface area contributed by atoms with Gasteiger partial charge in [0.15, 0.2) is 0 Å². The highest BCUT2D eigenvalue weighted by Crippen LogP contribution is 2.14. The molecule has 2 heteroatoms. The molecule has 0 rings (SSSR count). The van der Waals surface area contributed by atoms with Crippen molar-refractivity contribution in [3.05, 3.63) is 0 Å². The molecular weight excluding hydrogens is 406 g/mol. The molecule has 0 aliphatic carbocycles. The minimum absolute atomic E-state index is 0. The van der Waals surface area contributed by atoms with Gasteiger partial charge >= 0.3 is 0 Å². The smallest absolute Gasteiger partial charge is 0.0782 e. The first kappa shape index (κ1) is 30.6. The van der Waals surface area contributed by atoms with E-state index in [1.807, 2.05) is 0 Å². The van der Waals surface area contributed by atoms with Crippen LogP contribution in [0, 0.1) is 0 Å². The molecule has 0 aliphatic rings. The van der Waals surface area contributed by atoms with E-state index >= 15 is 0 Å². The van der Waals surface area contributed by atoms with Crippen molar-refractivity contribution in [2.75, 3.05) is 27.2 Å². The minimum atomic E-state index is 0. The van der Waals surface area contributed by atoms with Crippen LogP contribution in [0.25, 0.3) is 0 Å². The van der Waals surface area contributed by atoms with Crippen LogP contribution in [0.1, 0.15) is 142 Å². The maximum atomic E-state index is 2.45. The summed E-state index contributed by atoms with van der Waals surface area (Å²) in [6.45, 7) is 7.37. The van der Waals surface area contributed by atoms with Gasteiger partial charge in [-0.25, -0.2) is 0 Å². The van der Waals surface area contributed by atoms with Gasteiger partial charge in [0.1, 0.15) is 0 Å². The largest absolute Gasteiger partial charge is 0.328 e. The molecule has 0 bridgehead atoms. The van der Waals surface area contributed by atoms with Gasteiger partial charge in [-0.3, -0.25) is 0 Å². The van der Waals surface area contributed by atoms with E-state index in [4.69, 9.17) is 0 Å². The summed E-state index contributed by atoms with van der Waals surface area (Å²) in [6.07, 6.45) is 29.0. The van der Waals surface area contributed by atoms with Gasteiger partial charge in [-0.05, 0) is 25.7 Å². The Morgan fingerprint density at radius 3 is 0.821 bits per heavy atom. The highest BCUT2D eigenvalue weighted by molar-refractivity contribution is 8.93. The zero-order valence-electron chi connectivity index (χ0n) is 20.4. The van der Waals surface area contributed by atoms with Crippen molar-refractivity contribution < 1.29 is 4.48 Å². The Morgan fingerprint density at radius 1 is 0.357 bits per heavy atom. The molecule has 0 aromatic carbocycles. The first-order chi connectivity index (χ1) is 13.1. The van der Waals surface area contributed by atoms with Crippen LogP contribution in [-0.2, 0) is 0 Å². The first-order valence-corrected chi connectivity index (χ1v) is 12.9. The summed E-state index contributed by atoms with van der Waals surface area (Å²) < 4.78 is 1.24. The van der Waals surface area contributed by atoms with Gasteiger partial charge in [-0.1, -0.05) is 117 Å². The lowest BCUT2D eigenvalue weighted by Gasteiger charge is -2.30. The predicted octanol–water partition coefficient (Wildman–Crippen LogP) is 9.48. The van der Waals surface area contributed by atoms with Gasteiger partial charge in [0.2, 0.25) is 0 Å². The normalized spacial score (nSPS) is 11.6. The van der Waals surface area contributed by atoms with Crippen molar-refractivity contribution in [3.8, 4) is 0 Å². The molecule has 0 atom stereocenters. The van der Waals surface area contributed by atoms with Gasteiger partial charge in [0.05, 0.1) is 27.2 Å². The van der Waals surface area contributed by atoms with Crippen molar-refractivity contribution in [3.63, 3.8) is 0 Å². The fourth-order valence-corrected chi connectivity index (χ4v) is 4.17. The second-order valence-electron chi connectivity index (χ2n) is 9.75. The summed E-state index contributed by atoms with van der Waals surface area (Å²) in [7, 11) is 4.89. The first-order valence-electron chi connectivity index (χ1n) is 12.9. The molecule has 1 nitrogen and oxygen atoms in total. The third-order valence-electron chi connectivity index (χ3n) is 6.23. The number of hydrogen-bond acceptors (Lipinski definition) is 0. The van der Waals surface area contributed by atoms with E-state index in [1.54, 1.807) is 0 Å². The Labute approximate surface area is 190 Å². The number of quaternary nitrogens is 1. The summed E-state index contributed by atoms with van der Waals surface area (Å²) in [5.41, 5.74) is 0. The Morgan fingerprint density at radius 2 is 0.571 bits per heavy atom. The number of nitrogens with zero attached hydrogens (tertiary/aromatic N) is 1. The second-order valence-corrected chi connectivity index (χ2v) is 9.75. The molecule has 0 aromatic heterocycles. The van der Waals surface area contributed by atoms with E-state index in [1.165, 1.54) is 146 Å². The average molecular weight is 464 g/mol. The molecule has 0 radical (unpaired) electrons. The van der Waals surface area contributed by atoms with Crippen LogP contribution in [0.3, 0.4) is 0 Å². The molecule has 172 valence electrons. The van der Waals surface area contributed by atoms with Crippen molar-refractivity contribution in [1.82, 2.24) is 0 Å². The Bertz CT molecular complexity index is 252. The minimum Gasteiger partial charge on any atom is -0.328 e. The zero-order valence-corrected chi connectivity index (χ0v) is 22.1. The number of hydrogen-bond donors (Lipinski definition) is 0. The maximum absolute atomic E-state index is 2.45. The number of halogens is 1. The Kier molecular flexibility index (Phi) is 25.9. The topological polar surface area (TPSA) is 0 Å². The van der Waals surface area contributed by atoms with Crippen LogP contribution in [0.4, 0.5) is 0 Å². The van der Waals surface area contributed by atoms with Crippen LogP contribution in [0.5, 0.6) is 0 Å². The lowest BCUT2D eigenvalue weighted by Crippen LogP contribution is -2.41. The number of rotatable bonds is 22. The van der Waals surface area contributed by atoms with Gasteiger partial charge in [-0.15, -0.1) is 17.0 Å². The van der Waals surface area contributed by atoms with Crippen molar-refractivity contribution in [2.24, 2.45) is 0 Å². The van der Waals surface area contributed by atoms with Crippen LogP contribution in [0.2, 0.25) is 0 Å². The molecule has 0 aromatic rings. The van der Waals surface area contributed by atoms with E-state index in [0.717, 1.165) is 0 Å². The molecule has 0 saturated heterocycles. The van der Waals surface area contributed by atoms with Gasteiger partial charge in [-0.2, -0.15) is 0 Å².